The summed E-state index contributed by atoms with van der Waals surface area (Å²) in [5, 5.41) is 13.9. The van der Waals surface area contributed by atoms with Crippen LogP contribution >= 0.6 is 0 Å². The number of amides is 1. The Bertz CT molecular complexity index is 680. The van der Waals surface area contributed by atoms with Crippen LogP contribution in [0.5, 0.6) is 0 Å². The largest absolute Gasteiger partial charge is 0.393 e. The first-order valence-electron chi connectivity index (χ1n) is 8.49. The number of nitrogens with zero attached hydrogens (tertiary/aromatic N) is 1. The highest BCUT2D eigenvalue weighted by Gasteiger charge is 2.35. The Morgan fingerprint density at radius 1 is 1.39 bits per heavy atom. The summed E-state index contributed by atoms with van der Waals surface area (Å²) in [4.78, 5) is 16.7. The summed E-state index contributed by atoms with van der Waals surface area (Å²) < 4.78 is 0. The van der Waals surface area contributed by atoms with Crippen molar-refractivity contribution >= 4 is 16.8 Å². The number of pyridine rings is 1. The van der Waals surface area contributed by atoms with E-state index in [1.54, 1.807) is 0 Å². The summed E-state index contributed by atoms with van der Waals surface area (Å²) in [7, 11) is 0. The Balaban J connectivity index is 1.82. The SMILES string of the molecule is CCCCC(=O)N[C@@H](c1cnc2ccccc2c1)C1CC(O)C1. The highest BCUT2D eigenvalue weighted by atomic mass is 16.3. The quantitative estimate of drug-likeness (QED) is 0.860. The predicted molar refractivity (Wildman–Crippen MR) is 90.9 cm³/mol. The van der Waals surface area contributed by atoms with Crippen molar-refractivity contribution < 1.29 is 9.90 Å². The third-order valence-electron chi connectivity index (χ3n) is 4.67. The molecule has 1 heterocycles. The van der Waals surface area contributed by atoms with Gasteiger partial charge >= 0.3 is 0 Å². The summed E-state index contributed by atoms with van der Waals surface area (Å²) in [5.74, 6) is 0.380. The molecule has 1 fully saturated rings. The Morgan fingerprint density at radius 2 is 2.17 bits per heavy atom. The predicted octanol–water partition coefficient (Wildman–Crippen LogP) is 3.35. The lowest BCUT2D eigenvalue weighted by Crippen LogP contribution is -2.41. The van der Waals surface area contributed by atoms with Gasteiger partial charge < -0.3 is 10.4 Å². The molecular formula is C19H24N2O2. The average molecular weight is 312 g/mol. The fourth-order valence-corrected chi connectivity index (χ4v) is 3.22. The molecule has 1 aliphatic carbocycles. The van der Waals surface area contributed by atoms with Crippen molar-refractivity contribution in [2.45, 2.75) is 51.2 Å². The van der Waals surface area contributed by atoms with Crippen LogP contribution in [0.4, 0.5) is 0 Å². The van der Waals surface area contributed by atoms with Gasteiger partial charge in [-0.05, 0) is 42.9 Å². The summed E-state index contributed by atoms with van der Waals surface area (Å²) in [5.41, 5.74) is 1.99. The fourth-order valence-electron chi connectivity index (χ4n) is 3.22. The van der Waals surface area contributed by atoms with E-state index in [2.05, 4.69) is 23.3 Å². The van der Waals surface area contributed by atoms with Crippen LogP contribution < -0.4 is 5.32 Å². The van der Waals surface area contributed by atoms with Gasteiger partial charge in [-0.2, -0.15) is 0 Å². The lowest BCUT2D eigenvalue weighted by molar-refractivity contribution is -0.123. The molecule has 0 bridgehead atoms. The highest BCUT2D eigenvalue weighted by molar-refractivity contribution is 5.80. The lowest BCUT2D eigenvalue weighted by atomic mass is 9.75. The van der Waals surface area contributed by atoms with Crippen molar-refractivity contribution in [2.75, 3.05) is 0 Å². The molecule has 1 saturated carbocycles. The maximum Gasteiger partial charge on any atom is 0.220 e. The zero-order valence-corrected chi connectivity index (χ0v) is 13.5. The Morgan fingerprint density at radius 3 is 2.91 bits per heavy atom. The third-order valence-corrected chi connectivity index (χ3v) is 4.67. The summed E-state index contributed by atoms with van der Waals surface area (Å²) >= 11 is 0. The number of hydrogen-bond acceptors (Lipinski definition) is 3. The maximum absolute atomic E-state index is 12.2. The second-order valence-electron chi connectivity index (χ2n) is 6.50. The van der Waals surface area contributed by atoms with Crippen LogP contribution in [0, 0.1) is 5.92 Å². The molecule has 2 N–H and O–H groups in total. The van der Waals surface area contributed by atoms with Gasteiger partial charge in [-0.25, -0.2) is 0 Å². The summed E-state index contributed by atoms with van der Waals surface area (Å²) in [6.07, 6.45) is 5.58. The van der Waals surface area contributed by atoms with Crippen molar-refractivity contribution in [3.63, 3.8) is 0 Å². The first kappa shape index (κ1) is 15.9. The maximum atomic E-state index is 12.2. The molecule has 0 radical (unpaired) electrons. The van der Waals surface area contributed by atoms with Crippen LogP contribution in [0.25, 0.3) is 10.9 Å². The van der Waals surface area contributed by atoms with Crippen LogP contribution in [-0.4, -0.2) is 22.1 Å². The molecule has 1 amide bonds. The Hall–Kier alpha value is -1.94. The number of para-hydroxylation sites is 1. The standard InChI is InChI=1S/C19H24N2O2/c1-2-3-8-18(23)21-19(14-10-16(22)11-14)15-9-13-6-4-5-7-17(13)20-12-15/h4-7,9,12,14,16,19,22H,2-3,8,10-11H2,1H3,(H,21,23)/t14?,16?,19-/m1/s1. The van der Waals surface area contributed by atoms with Gasteiger partial charge in [-0.15, -0.1) is 0 Å². The smallest absolute Gasteiger partial charge is 0.220 e. The van der Waals surface area contributed by atoms with Crippen molar-refractivity contribution in [1.82, 2.24) is 10.3 Å². The highest BCUT2D eigenvalue weighted by Crippen LogP contribution is 2.38. The molecule has 3 rings (SSSR count). The molecule has 0 aliphatic heterocycles. The first-order chi connectivity index (χ1) is 11.2. The van der Waals surface area contributed by atoms with Crippen molar-refractivity contribution in [1.29, 1.82) is 0 Å². The van der Waals surface area contributed by atoms with E-state index < -0.39 is 0 Å². The van der Waals surface area contributed by atoms with Crippen LogP contribution in [0.15, 0.2) is 36.5 Å². The molecule has 0 spiro atoms. The molecule has 122 valence electrons. The van der Waals surface area contributed by atoms with Crippen molar-refractivity contribution in [3.05, 3.63) is 42.1 Å². The van der Waals surface area contributed by atoms with E-state index in [9.17, 15) is 9.90 Å². The number of carbonyl (C=O) groups excluding carboxylic acids is 1. The number of nitrogens with one attached hydrogen (secondary N) is 1. The van der Waals surface area contributed by atoms with Gasteiger partial charge in [0, 0.05) is 18.0 Å². The summed E-state index contributed by atoms with van der Waals surface area (Å²) in [6.45, 7) is 2.08. The van der Waals surface area contributed by atoms with Crippen LogP contribution in [0.3, 0.4) is 0 Å². The van der Waals surface area contributed by atoms with E-state index in [4.69, 9.17) is 0 Å². The number of fused-ring (bicyclic) bond motifs is 1. The second kappa shape index (κ2) is 7.09. The zero-order chi connectivity index (χ0) is 16.2. The third kappa shape index (κ3) is 3.70. The number of aromatic nitrogens is 1. The number of carbonyl (C=O) groups is 1. The van der Waals surface area contributed by atoms with E-state index in [1.807, 2.05) is 30.5 Å². The van der Waals surface area contributed by atoms with Crippen LogP contribution in [0.2, 0.25) is 0 Å². The molecule has 1 atom stereocenters. The zero-order valence-electron chi connectivity index (χ0n) is 13.5. The second-order valence-corrected chi connectivity index (χ2v) is 6.50. The van der Waals surface area contributed by atoms with Gasteiger partial charge in [0.2, 0.25) is 5.91 Å². The number of benzene rings is 1. The van der Waals surface area contributed by atoms with Crippen LogP contribution in [0.1, 0.15) is 50.6 Å². The normalized spacial score (nSPS) is 21.7. The molecule has 1 aliphatic rings. The molecule has 4 heteroatoms. The Kier molecular flexibility index (Phi) is 4.91. The van der Waals surface area contributed by atoms with Crippen LogP contribution in [-0.2, 0) is 4.79 Å². The molecule has 23 heavy (non-hydrogen) atoms. The van der Waals surface area contributed by atoms with Gasteiger partial charge in [0.1, 0.15) is 0 Å². The van der Waals surface area contributed by atoms with E-state index in [0.717, 1.165) is 42.1 Å². The van der Waals surface area contributed by atoms with E-state index in [-0.39, 0.29) is 18.1 Å². The van der Waals surface area contributed by atoms with Crippen molar-refractivity contribution in [3.8, 4) is 0 Å². The average Bonchev–Trinajstić information content (AvgIpc) is 2.55. The fraction of sp³-hybridized carbons (Fsp3) is 0.474. The van der Waals surface area contributed by atoms with Gasteiger partial charge in [0.25, 0.3) is 0 Å². The first-order valence-corrected chi connectivity index (χ1v) is 8.49. The lowest BCUT2D eigenvalue weighted by Gasteiger charge is -2.38. The summed E-state index contributed by atoms with van der Waals surface area (Å²) in [6, 6.07) is 10.0. The molecular weight excluding hydrogens is 288 g/mol. The van der Waals surface area contributed by atoms with E-state index in [0.29, 0.717) is 12.3 Å². The number of hydrogen-bond donors (Lipinski definition) is 2. The molecule has 0 saturated heterocycles. The number of aliphatic hydroxyl groups is 1. The minimum absolute atomic E-state index is 0.0557. The van der Waals surface area contributed by atoms with Crippen molar-refractivity contribution in [2.24, 2.45) is 5.92 Å². The molecule has 1 aromatic heterocycles. The van der Waals surface area contributed by atoms with Gasteiger partial charge in [0.05, 0.1) is 17.7 Å². The topological polar surface area (TPSA) is 62.2 Å². The Labute approximate surface area is 136 Å². The minimum atomic E-state index is -0.233. The monoisotopic (exact) mass is 312 g/mol. The molecule has 1 aromatic carbocycles. The molecule has 2 aromatic rings. The van der Waals surface area contributed by atoms with E-state index in [1.165, 1.54) is 0 Å². The van der Waals surface area contributed by atoms with Gasteiger partial charge in [-0.3, -0.25) is 9.78 Å². The minimum Gasteiger partial charge on any atom is -0.393 e. The van der Waals surface area contributed by atoms with E-state index >= 15 is 0 Å². The van der Waals surface area contributed by atoms with Gasteiger partial charge in [-0.1, -0.05) is 31.5 Å². The number of rotatable bonds is 6. The van der Waals surface area contributed by atoms with Gasteiger partial charge in [0.15, 0.2) is 0 Å². The number of unbranched alkanes of at least 4 members (excludes halogenated alkanes) is 1. The number of aliphatic hydroxyl groups excluding tert-OH is 1. The molecule has 4 nitrogen and oxygen atoms in total. The molecule has 0 unspecified atom stereocenters.